The number of halogens is 1. The second kappa shape index (κ2) is 6.62. The molecule has 0 aliphatic carbocycles. The predicted octanol–water partition coefficient (Wildman–Crippen LogP) is 3.99. The van der Waals surface area contributed by atoms with E-state index >= 15 is 0 Å². The molecule has 25 heavy (non-hydrogen) atoms. The van der Waals surface area contributed by atoms with E-state index in [4.69, 9.17) is 11.6 Å². The minimum atomic E-state index is -0.0304. The highest BCUT2D eigenvalue weighted by molar-refractivity contribution is 6.31. The average molecular weight is 354 g/mol. The second-order valence-electron chi connectivity index (χ2n) is 6.67. The lowest BCUT2D eigenvalue weighted by molar-refractivity contribution is 0.245. The first-order valence-corrected chi connectivity index (χ1v) is 8.97. The van der Waals surface area contributed by atoms with Gasteiger partial charge in [0.05, 0.1) is 5.69 Å². The van der Waals surface area contributed by atoms with Gasteiger partial charge in [-0.05, 0) is 49.6 Å². The third kappa shape index (κ3) is 3.20. The summed E-state index contributed by atoms with van der Waals surface area (Å²) in [5, 5.41) is 0.807. The van der Waals surface area contributed by atoms with Crippen molar-refractivity contribution < 1.29 is 0 Å². The van der Waals surface area contributed by atoms with Crippen molar-refractivity contribution in [2.75, 3.05) is 6.54 Å². The Balaban J connectivity index is 1.65. The summed E-state index contributed by atoms with van der Waals surface area (Å²) in [4.78, 5) is 19.5. The van der Waals surface area contributed by atoms with Gasteiger partial charge in [-0.25, -0.2) is 4.98 Å². The molecule has 4 nitrogen and oxygen atoms in total. The van der Waals surface area contributed by atoms with E-state index in [-0.39, 0.29) is 11.6 Å². The van der Waals surface area contributed by atoms with Crippen LogP contribution in [0.15, 0.2) is 53.5 Å². The van der Waals surface area contributed by atoms with Gasteiger partial charge < -0.3 is 0 Å². The molecular formula is C20H20ClN3O. The lowest BCUT2D eigenvalue weighted by Crippen LogP contribution is -2.25. The number of hydrogen-bond acceptors (Lipinski definition) is 3. The molecule has 0 N–H and O–H groups in total. The van der Waals surface area contributed by atoms with Gasteiger partial charge in [0.1, 0.15) is 5.65 Å². The maximum Gasteiger partial charge on any atom is 0.258 e. The van der Waals surface area contributed by atoms with E-state index in [9.17, 15) is 4.79 Å². The van der Waals surface area contributed by atoms with Crippen LogP contribution in [0.5, 0.6) is 0 Å². The van der Waals surface area contributed by atoms with Gasteiger partial charge in [0.15, 0.2) is 0 Å². The molecule has 1 aromatic carbocycles. The van der Waals surface area contributed by atoms with Crippen LogP contribution in [0.2, 0.25) is 5.02 Å². The van der Waals surface area contributed by atoms with Gasteiger partial charge in [-0.2, -0.15) is 0 Å². The Morgan fingerprint density at radius 3 is 2.92 bits per heavy atom. The monoisotopic (exact) mass is 353 g/mol. The van der Waals surface area contributed by atoms with Crippen molar-refractivity contribution >= 4 is 17.2 Å². The number of pyridine rings is 1. The van der Waals surface area contributed by atoms with Crippen LogP contribution >= 0.6 is 11.6 Å². The summed E-state index contributed by atoms with van der Waals surface area (Å²) in [6.45, 7) is 3.62. The van der Waals surface area contributed by atoms with Crippen molar-refractivity contribution in [1.82, 2.24) is 14.3 Å². The van der Waals surface area contributed by atoms with Gasteiger partial charge in [0, 0.05) is 29.9 Å². The van der Waals surface area contributed by atoms with Crippen LogP contribution in [-0.2, 0) is 6.54 Å². The predicted molar refractivity (Wildman–Crippen MR) is 100 cm³/mol. The number of likely N-dealkylation sites (tertiary alicyclic amines) is 1. The van der Waals surface area contributed by atoms with Crippen LogP contribution < -0.4 is 5.56 Å². The molecule has 128 valence electrons. The summed E-state index contributed by atoms with van der Waals surface area (Å²) in [5.41, 5.74) is 3.68. The maximum absolute atomic E-state index is 12.4. The number of aromatic nitrogens is 2. The average Bonchev–Trinajstić information content (AvgIpc) is 3.04. The Bertz CT molecular complexity index is 982. The van der Waals surface area contributed by atoms with E-state index < -0.39 is 0 Å². The van der Waals surface area contributed by atoms with Crippen LogP contribution in [0.25, 0.3) is 5.65 Å². The highest BCUT2D eigenvalue weighted by Gasteiger charge is 2.27. The van der Waals surface area contributed by atoms with E-state index in [1.807, 2.05) is 43.5 Å². The molecule has 3 heterocycles. The fraction of sp³-hybridized carbons (Fsp3) is 0.300. The van der Waals surface area contributed by atoms with Crippen molar-refractivity contribution in [2.24, 2.45) is 0 Å². The molecule has 1 aliphatic heterocycles. The molecule has 0 radical (unpaired) electrons. The third-order valence-electron chi connectivity index (χ3n) is 4.85. The first kappa shape index (κ1) is 16.3. The molecule has 1 atom stereocenters. The zero-order valence-electron chi connectivity index (χ0n) is 14.2. The minimum Gasteiger partial charge on any atom is -0.290 e. The molecule has 0 amide bonds. The van der Waals surface area contributed by atoms with Gasteiger partial charge in [-0.15, -0.1) is 0 Å². The van der Waals surface area contributed by atoms with Crippen LogP contribution in [0.3, 0.4) is 0 Å². The van der Waals surface area contributed by atoms with Gasteiger partial charge in [-0.1, -0.05) is 35.9 Å². The van der Waals surface area contributed by atoms with Gasteiger partial charge in [0.2, 0.25) is 0 Å². The lowest BCUT2D eigenvalue weighted by Gasteiger charge is -2.25. The molecular weight excluding hydrogens is 334 g/mol. The molecule has 5 heteroatoms. The van der Waals surface area contributed by atoms with E-state index in [0.717, 1.165) is 41.2 Å². The van der Waals surface area contributed by atoms with Crippen LogP contribution in [0, 0.1) is 6.92 Å². The van der Waals surface area contributed by atoms with E-state index in [1.54, 1.807) is 10.5 Å². The number of fused-ring (bicyclic) bond motifs is 1. The van der Waals surface area contributed by atoms with Gasteiger partial charge >= 0.3 is 0 Å². The zero-order chi connectivity index (χ0) is 17.4. The highest BCUT2D eigenvalue weighted by atomic mass is 35.5. The summed E-state index contributed by atoms with van der Waals surface area (Å²) in [7, 11) is 0. The smallest absolute Gasteiger partial charge is 0.258 e. The maximum atomic E-state index is 12.4. The van der Waals surface area contributed by atoms with Crippen LogP contribution in [-0.4, -0.2) is 20.8 Å². The Labute approximate surface area is 151 Å². The quantitative estimate of drug-likeness (QED) is 0.714. The Morgan fingerprint density at radius 1 is 1.24 bits per heavy atom. The van der Waals surface area contributed by atoms with Crippen molar-refractivity contribution in [1.29, 1.82) is 0 Å². The molecule has 1 fully saturated rings. The number of nitrogens with zero attached hydrogens (tertiary/aromatic N) is 3. The van der Waals surface area contributed by atoms with Crippen molar-refractivity contribution in [3.05, 3.63) is 80.9 Å². The third-order valence-corrected chi connectivity index (χ3v) is 5.20. The van der Waals surface area contributed by atoms with Gasteiger partial charge in [-0.3, -0.25) is 14.1 Å². The highest BCUT2D eigenvalue weighted by Crippen LogP contribution is 2.36. The number of benzene rings is 1. The van der Waals surface area contributed by atoms with Crippen molar-refractivity contribution in [3.63, 3.8) is 0 Å². The number of rotatable bonds is 3. The summed E-state index contributed by atoms with van der Waals surface area (Å²) in [5.74, 6) is 0. The second-order valence-corrected chi connectivity index (χ2v) is 7.08. The molecule has 1 saturated heterocycles. The molecule has 0 bridgehead atoms. The largest absolute Gasteiger partial charge is 0.290 e. The first-order valence-electron chi connectivity index (χ1n) is 8.59. The van der Waals surface area contributed by atoms with Crippen LogP contribution in [0.4, 0.5) is 0 Å². The summed E-state index contributed by atoms with van der Waals surface area (Å²) < 4.78 is 1.61. The minimum absolute atomic E-state index is 0.0304. The van der Waals surface area contributed by atoms with Crippen LogP contribution in [0.1, 0.15) is 35.7 Å². The standard InChI is InChI=1S/C20H20ClN3O/c1-14-8-9-19-22-15(11-20(25)24(19)12-14)13-23-10-4-7-18(23)16-5-2-3-6-17(16)21/h2-3,5-6,8-9,11-12,18H,4,7,10,13H2,1H3/t18-/m0/s1. The lowest BCUT2D eigenvalue weighted by atomic mass is 10.0. The van der Waals surface area contributed by atoms with Crippen molar-refractivity contribution in [3.8, 4) is 0 Å². The molecule has 0 spiro atoms. The fourth-order valence-corrected chi connectivity index (χ4v) is 3.92. The zero-order valence-corrected chi connectivity index (χ0v) is 14.9. The SMILES string of the molecule is Cc1ccc2nc(CN3CCC[C@H]3c3ccccc3Cl)cc(=O)n2c1. The molecule has 0 saturated carbocycles. The van der Waals surface area contributed by atoms with E-state index in [0.29, 0.717) is 12.2 Å². The van der Waals surface area contributed by atoms with E-state index in [2.05, 4.69) is 16.0 Å². The fourth-order valence-electron chi connectivity index (χ4n) is 3.66. The first-order chi connectivity index (χ1) is 12.1. The topological polar surface area (TPSA) is 37.6 Å². The number of hydrogen-bond donors (Lipinski definition) is 0. The molecule has 2 aromatic heterocycles. The Kier molecular flexibility index (Phi) is 4.32. The molecule has 0 unspecified atom stereocenters. The Morgan fingerprint density at radius 2 is 2.08 bits per heavy atom. The molecule has 3 aromatic rings. The normalized spacial score (nSPS) is 18.1. The Hall–Kier alpha value is -2.17. The summed E-state index contributed by atoms with van der Waals surface area (Å²) >= 11 is 6.40. The summed E-state index contributed by atoms with van der Waals surface area (Å²) in [6.07, 6.45) is 4.04. The van der Waals surface area contributed by atoms with Gasteiger partial charge in [0.25, 0.3) is 5.56 Å². The van der Waals surface area contributed by atoms with E-state index in [1.165, 1.54) is 0 Å². The number of aryl methyl sites for hydroxylation is 1. The van der Waals surface area contributed by atoms with Crippen molar-refractivity contribution in [2.45, 2.75) is 32.4 Å². The molecule has 1 aliphatic rings. The summed E-state index contributed by atoms with van der Waals surface area (Å²) in [6, 6.07) is 13.8. The molecule has 4 rings (SSSR count).